The quantitative estimate of drug-likeness (QED) is 0.725. The van der Waals surface area contributed by atoms with Crippen LogP contribution in [0.1, 0.15) is 40.3 Å². The number of carbonyl (C=O) groups excluding carboxylic acids is 1. The molecule has 0 saturated carbocycles. The maximum Gasteiger partial charge on any atom is 0.289 e. The summed E-state index contributed by atoms with van der Waals surface area (Å²) in [6.45, 7) is 10.3. The van der Waals surface area contributed by atoms with Gasteiger partial charge in [0.1, 0.15) is 11.5 Å². The molecule has 1 aromatic carbocycles. The van der Waals surface area contributed by atoms with Gasteiger partial charge >= 0.3 is 0 Å². The summed E-state index contributed by atoms with van der Waals surface area (Å²) >= 11 is 0. The zero-order valence-corrected chi connectivity index (χ0v) is 18.1. The van der Waals surface area contributed by atoms with Gasteiger partial charge in [0.2, 0.25) is 0 Å². The molecule has 3 heterocycles. The largest absolute Gasteiger partial charge is 0.493 e. The Morgan fingerprint density at radius 2 is 1.97 bits per heavy atom. The van der Waals surface area contributed by atoms with E-state index >= 15 is 0 Å². The number of rotatable bonds is 6. The van der Waals surface area contributed by atoms with Crippen molar-refractivity contribution in [3.05, 3.63) is 53.0 Å². The van der Waals surface area contributed by atoms with Crippen LogP contribution >= 0.6 is 0 Å². The van der Waals surface area contributed by atoms with Gasteiger partial charge in [0.15, 0.2) is 5.76 Å². The Kier molecular flexibility index (Phi) is 6.75. The molecule has 6 nitrogen and oxygen atoms in total. The lowest BCUT2D eigenvalue weighted by molar-refractivity contribution is 0.0340. The summed E-state index contributed by atoms with van der Waals surface area (Å²) in [6, 6.07) is 10.00. The van der Waals surface area contributed by atoms with Gasteiger partial charge in [0, 0.05) is 44.2 Å². The molecule has 0 unspecified atom stereocenters. The minimum Gasteiger partial charge on any atom is -0.493 e. The molecule has 2 fully saturated rings. The average Bonchev–Trinajstić information content (AvgIpc) is 3.14. The Bertz CT molecular complexity index is 857. The minimum atomic E-state index is -0.00748. The molecule has 162 valence electrons. The molecule has 1 atom stereocenters. The number of likely N-dealkylation sites (tertiary alicyclic amines) is 1. The molecule has 0 radical (unpaired) electrons. The normalized spacial score (nSPS) is 20.3. The van der Waals surface area contributed by atoms with Crippen molar-refractivity contribution in [2.24, 2.45) is 5.92 Å². The van der Waals surface area contributed by atoms with Crippen molar-refractivity contribution in [3.63, 3.8) is 0 Å². The Balaban J connectivity index is 1.34. The predicted molar refractivity (Wildman–Crippen MR) is 115 cm³/mol. The van der Waals surface area contributed by atoms with Crippen molar-refractivity contribution in [2.45, 2.75) is 33.2 Å². The first-order valence-corrected chi connectivity index (χ1v) is 11.0. The average molecular weight is 413 g/mol. The van der Waals surface area contributed by atoms with Crippen LogP contribution in [-0.2, 0) is 11.3 Å². The maximum atomic E-state index is 13.1. The van der Waals surface area contributed by atoms with E-state index in [1.165, 1.54) is 0 Å². The molecule has 1 aromatic heterocycles. The van der Waals surface area contributed by atoms with Crippen molar-refractivity contribution in [1.29, 1.82) is 0 Å². The summed E-state index contributed by atoms with van der Waals surface area (Å²) in [5.41, 5.74) is 2.23. The van der Waals surface area contributed by atoms with Crippen LogP contribution in [0.3, 0.4) is 0 Å². The summed E-state index contributed by atoms with van der Waals surface area (Å²) in [7, 11) is 0. The number of hydrogen-bond acceptors (Lipinski definition) is 5. The standard InChI is InChI=1S/C24H32N2O4/c1-18-6-3-4-8-22(18)29-17-20-7-5-9-26(15-20)24(27)23-14-21(19(2)30-23)16-25-10-12-28-13-11-25/h3-4,6,8,14,20H,5,7,9-13,15-17H2,1-2H3/t20-/m1/s1. The predicted octanol–water partition coefficient (Wildman–Crippen LogP) is 3.66. The van der Waals surface area contributed by atoms with E-state index in [1.54, 1.807) is 0 Å². The molecule has 2 aromatic rings. The van der Waals surface area contributed by atoms with Gasteiger partial charge < -0.3 is 18.8 Å². The van der Waals surface area contributed by atoms with Gasteiger partial charge in [-0.3, -0.25) is 9.69 Å². The SMILES string of the molecule is Cc1ccccc1OC[C@@H]1CCCN(C(=O)c2cc(CN3CCOCC3)c(C)o2)C1. The van der Waals surface area contributed by atoms with Crippen LogP contribution in [0.4, 0.5) is 0 Å². The van der Waals surface area contributed by atoms with Gasteiger partial charge in [-0.25, -0.2) is 0 Å². The highest BCUT2D eigenvalue weighted by molar-refractivity contribution is 5.91. The summed E-state index contributed by atoms with van der Waals surface area (Å²) in [5, 5.41) is 0. The monoisotopic (exact) mass is 412 g/mol. The molecule has 2 aliphatic rings. The molecule has 2 saturated heterocycles. The number of para-hydroxylation sites is 1. The summed E-state index contributed by atoms with van der Waals surface area (Å²) < 4.78 is 17.3. The summed E-state index contributed by atoms with van der Waals surface area (Å²) in [4.78, 5) is 17.4. The van der Waals surface area contributed by atoms with E-state index in [1.807, 2.05) is 36.1 Å². The molecule has 0 bridgehead atoms. The minimum absolute atomic E-state index is 0.00748. The third kappa shape index (κ3) is 5.05. The Morgan fingerprint density at radius 1 is 1.17 bits per heavy atom. The number of amides is 1. The molecule has 0 N–H and O–H groups in total. The number of morpholine rings is 1. The highest BCUT2D eigenvalue weighted by atomic mass is 16.5. The van der Waals surface area contributed by atoms with Crippen LogP contribution in [0.15, 0.2) is 34.7 Å². The van der Waals surface area contributed by atoms with Gasteiger partial charge in [-0.05, 0) is 44.4 Å². The summed E-state index contributed by atoms with van der Waals surface area (Å²) in [6.07, 6.45) is 2.07. The van der Waals surface area contributed by atoms with Crippen LogP contribution < -0.4 is 4.74 Å². The van der Waals surface area contributed by atoms with Crippen LogP contribution in [-0.4, -0.2) is 61.7 Å². The van der Waals surface area contributed by atoms with Crippen LogP contribution in [0.5, 0.6) is 5.75 Å². The topological polar surface area (TPSA) is 55.2 Å². The second-order valence-electron chi connectivity index (χ2n) is 8.42. The number of hydrogen-bond donors (Lipinski definition) is 0. The number of nitrogens with zero attached hydrogens (tertiary/aromatic N) is 2. The second kappa shape index (κ2) is 9.67. The molecule has 0 spiro atoms. The van der Waals surface area contributed by atoms with Crippen molar-refractivity contribution in [2.75, 3.05) is 46.0 Å². The Labute approximate surface area is 178 Å². The lowest BCUT2D eigenvalue weighted by atomic mass is 9.98. The first kappa shape index (κ1) is 20.9. The second-order valence-corrected chi connectivity index (χ2v) is 8.42. The molecule has 0 aliphatic carbocycles. The Morgan fingerprint density at radius 3 is 2.77 bits per heavy atom. The maximum absolute atomic E-state index is 13.1. The third-order valence-electron chi connectivity index (χ3n) is 6.10. The number of benzene rings is 1. The lowest BCUT2D eigenvalue weighted by Crippen LogP contribution is -2.41. The van der Waals surface area contributed by atoms with Gasteiger partial charge in [-0.15, -0.1) is 0 Å². The number of ether oxygens (including phenoxy) is 2. The fourth-order valence-corrected chi connectivity index (χ4v) is 4.25. The molecular formula is C24H32N2O4. The lowest BCUT2D eigenvalue weighted by Gasteiger charge is -2.32. The smallest absolute Gasteiger partial charge is 0.289 e. The van der Waals surface area contributed by atoms with Crippen LogP contribution in [0.2, 0.25) is 0 Å². The van der Waals surface area contributed by atoms with E-state index in [4.69, 9.17) is 13.9 Å². The van der Waals surface area contributed by atoms with E-state index in [0.717, 1.165) is 74.9 Å². The first-order chi connectivity index (χ1) is 14.6. The first-order valence-electron chi connectivity index (χ1n) is 11.0. The van der Waals surface area contributed by atoms with E-state index in [0.29, 0.717) is 24.8 Å². The van der Waals surface area contributed by atoms with Crippen LogP contribution in [0, 0.1) is 19.8 Å². The molecular weight excluding hydrogens is 380 g/mol. The highest BCUT2D eigenvalue weighted by Crippen LogP contribution is 2.24. The third-order valence-corrected chi connectivity index (χ3v) is 6.10. The van der Waals surface area contributed by atoms with Gasteiger partial charge in [-0.1, -0.05) is 18.2 Å². The van der Waals surface area contributed by atoms with E-state index < -0.39 is 0 Å². The van der Waals surface area contributed by atoms with E-state index in [9.17, 15) is 4.79 Å². The van der Waals surface area contributed by atoms with Crippen molar-refractivity contribution in [3.8, 4) is 5.75 Å². The summed E-state index contributed by atoms with van der Waals surface area (Å²) in [5.74, 6) is 2.55. The van der Waals surface area contributed by atoms with Crippen LogP contribution in [0.25, 0.3) is 0 Å². The fourth-order valence-electron chi connectivity index (χ4n) is 4.25. The Hall–Kier alpha value is -2.31. The molecule has 4 rings (SSSR count). The number of aryl methyl sites for hydroxylation is 2. The van der Waals surface area contributed by atoms with E-state index in [-0.39, 0.29) is 5.91 Å². The number of carbonyl (C=O) groups is 1. The molecule has 6 heteroatoms. The van der Waals surface area contributed by atoms with E-state index in [2.05, 4.69) is 17.9 Å². The highest BCUT2D eigenvalue weighted by Gasteiger charge is 2.28. The van der Waals surface area contributed by atoms with Gasteiger partial charge in [0.25, 0.3) is 5.91 Å². The zero-order valence-electron chi connectivity index (χ0n) is 18.1. The van der Waals surface area contributed by atoms with Crippen molar-refractivity contribution < 1.29 is 18.7 Å². The number of piperidine rings is 1. The van der Waals surface area contributed by atoms with Gasteiger partial charge in [-0.2, -0.15) is 0 Å². The number of furan rings is 1. The fraction of sp³-hybridized carbons (Fsp3) is 0.542. The van der Waals surface area contributed by atoms with Crippen molar-refractivity contribution >= 4 is 5.91 Å². The molecule has 1 amide bonds. The van der Waals surface area contributed by atoms with Crippen molar-refractivity contribution in [1.82, 2.24) is 9.80 Å². The molecule has 2 aliphatic heterocycles. The van der Waals surface area contributed by atoms with Gasteiger partial charge in [0.05, 0.1) is 19.8 Å². The zero-order chi connectivity index (χ0) is 20.9. The molecule has 30 heavy (non-hydrogen) atoms.